The molecule has 1 heterocycles. The number of aromatic nitrogens is 2. The van der Waals surface area contributed by atoms with Gasteiger partial charge >= 0.3 is 0 Å². The van der Waals surface area contributed by atoms with Gasteiger partial charge in [-0.25, -0.2) is 13.5 Å². The third kappa shape index (κ3) is 5.09. The Kier molecular flexibility index (Phi) is 5.93. The number of amides is 1. The standard InChI is InChI=1S/C21H19F2N3O2/c1-14-2-4-16(5-3-14)19-6-7-21(28)26(25-19)9-8-20(27)24-13-15-10-17(22)12-18(23)11-15/h2-7,10-12H,8-9,13H2,1H3,(H,24,27). The number of aryl methyl sites for hydroxylation is 2. The average molecular weight is 383 g/mol. The molecule has 1 amide bonds. The highest BCUT2D eigenvalue weighted by Crippen LogP contribution is 2.15. The fraction of sp³-hybridized carbons (Fsp3) is 0.190. The molecule has 0 atom stereocenters. The molecular weight excluding hydrogens is 364 g/mol. The van der Waals surface area contributed by atoms with Gasteiger partial charge in [0.2, 0.25) is 5.91 Å². The Labute approximate surface area is 160 Å². The average Bonchev–Trinajstić information content (AvgIpc) is 2.66. The second-order valence-electron chi connectivity index (χ2n) is 6.45. The third-order valence-electron chi connectivity index (χ3n) is 4.18. The summed E-state index contributed by atoms with van der Waals surface area (Å²) in [7, 11) is 0. The molecule has 0 aliphatic heterocycles. The van der Waals surface area contributed by atoms with Crippen LogP contribution in [0.1, 0.15) is 17.5 Å². The molecule has 0 aliphatic carbocycles. The number of nitrogens with zero attached hydrogens (tertiary/aromatic N) is 2. The number of nitrogens with one attached hydrogen (secondary N) is 1. The maximum absolute atomic E-state index is 13.2. The van der Waals surface area contributed by atoms with Gasteiger partial charge in [-0.2, -0.15) is 5.10 Å². The molecule has 28 heavy (non-hydrogen) atoms. The predicted molar refractivity (Wildman–Crippen MR) is 101 cm³/mol. The topological polar surface area (TPSA) is 64.0 Å². The van der Waals surface area contributed by atoms with Gasteiger partial charge < -0.3 is 5.32 Å². The molecule has 3 rings (SSSR count). The van der Waals surface area contributed by atoms with Crippen molar-refractivity contribution in [2.45, 2.75) is 26.4 Å². The fourth-order valence-electron chi connectivity index (χ4n) is 2.70. The number of hydrogen-bond donors (Lipinski definition) is 1. The van der Waals surface area contributed by atoms with Gasteiger partial charge in [0.25, 0.3) is 5.56 Å². The van der Waals surface area contributed by atoms with Crippen molar-refractivity contribution in [3.8, 4) is 11.3 Å². The van der Waals surface area contributed by atoms with E-state index in [-0.39, 0.29) is 31.0 Å². The maximum Gasteiger partial charge on any atom is 0.266 e. The first-order valence-electron chi connectivity index (χ1n) is 8.77. The molecule has 1 aromatic heterocycles. The summed E-state index contributed by atoms with van der Waals surface area (Å²) in [6.45, 7) is 2.08. The van der Waals surface area contributed by atoms with E-state index in [2.05, 4.69) is 10.4 Å². The Hall–Kier alpha value is -3.35. The number of benzene rings is 2. The Morgan fingerprint density at radius 2 is 1.71 bits per heavy atom. The largest absolute Gasteiger partial charge is 0.352 e. The number of hydrogen-bond acceptors (Lipinski definition) is 3. The van der Waals surface area contributed by atoms with Crippen LogP contribution in [0, 0.1) is 18.6 Å². The van der Waals surface area contributed by atoms with E-state index in [9.17, 15) is 18.4 Å². The normalized spacial score (nSPS) is 10.7. The fourth-order valence-corrected chi connectivity index (χ4v) is 2.70. The Bertz CT molecular complexity index is 1030. The maximum atomic E-state index is 13.2. The van der Waals surface area contributed by atoms with E-state index in [1.165, 1.54) is 10.7 Å². The molecule has 0 saturated heterocycles. The van der Waals surface area contributed by atoms with Gasteiger partial charge in [-0.05, 0) is 30.7 Å². The van der Waals surface area contributed by atoms with Crippen molar-refractivity contribution >= 4 is 5.91 Å². The van der Waals surface area contributed by atoms with E-state index in [1.54, 1.807) is 6.07 Å². The monoisotopic (exact) mass is 383 g/mol. The quantitative estimate of drug-likeness (QED) is 0.711. The molecule has 7 heteroatoms. The molecule has 3 aromatic rings. The van der Waals surface area contributed by atoms with Crippen molar-refractivity contribution in [3.63, 3.8) is 0 Å². The lowest BCUT2D eigenvalue weighted by Crippen LogP contribution is -2.28. The van der Waals surface area contributed by atoms with Crippen molar-refractivity contribution in [1.29, 1.82) is 0 Å². The summed E-state index contributed by atoms with van der Waals surface area (Å²) in [6, 6.07) is 13.9. The molecule has 0 spiro atoms. The highest BCUT2D eigenvalue weighted by Gasteiger charge is 2.08. The minimum Gasteiger partial charge on any atom is -0.352 e. The van der Waals surface area contributed by atoms with Crippen LogP contribution >= 0.6 is 0 Å². The van der Waals surface area contributed by atoms with Crippen LogP contribution in [-0.2, 0) is 17.9 Å². The van der Waals surface area contributed by atoms with E-state index >= 15 is 0 Å². The minimum atomic E-state index is -0.701. The molecule has 0 radical (unpaired) electrons. The highest BCUT2D eigenvalue weighted by molar-refractivity contribution is 5.75. The molecule has 1 N–H and O–H groups in total. The molecule has 0 fully saturated rings. The zero-order chi connectivity index (χ0) is 20.1. The summed E-state index contributed by atoms with van der Waals surface area (Å²) in [5.41, 5.74) is 2.64. The zero-order valence-electron chi connectivity index (χ0n) is 15.3. The summed E-state index contributed by atoms with van der Waals surface area (Å²) >= 11 is 0. The van der Waals surface area contributed by atoms with Crippen LogP contribution in [0.15, 0.2) is 59.4 Å². The molecule has 0 unspecified atom stereocenters. The van der Waals surface area contributed by atoms with Crippen LogP contribution in [0.4, 0.5) is 8.78 Å². The van der Waals surface area contributed by atoms with E-state index in [4.69, 9.17) is 0 Å². The first-order chi connectivity index (χ1) is 13.4. The van der Waals surface area contributed by atoms with Gasteiger partial charge in [0, 0.05) is 30.7 Å². The number of halogens is 2. The lowest BCUT2D eigenvalue weighted by molar-refractivity contribution is -0.121. The summed E-state index contributed by atoms with van der Waals surface area (Å²) < 4.78 is 27.6. The van der Waals surface area contributed by atoms with E-state index in [0.29, 0.717) is 11.3 Å². The van der Waals surface area contributed by atoms with E-state index in [1.807, 2.05) is 31.2 Å². The smallest absolute Gasteiger partial charge is 0.266 e. The van der Waals surface area contributed by atoms with E-state index < -0.39 is 11.6 Å². The molecular formula is C21H19F2N3O2. The van der Waals surface area contributed by atoms with Gasteiger partial charge in [0.1, 0.15) is 11.6 Å². The van der Waals surface area contributed by atoms with Crippen molar-refractivity contribution in [1.82, 2.24) is 15.1 Å². The lowest BCUT2D eigenvalue weighted by Gasteiger charge is -2.09. The van der Waals surface area contributed by atoms with Crippen LogP contribution in [0.25, 0.3) is 11.3 Å². The van der Waals surface area contributed by atoms with Crippen LogP contribution in [-0.4, -0.2) is 15.7 Å². The van der Waals surface area contributed by atoms with Crippen molar-refractivity contribution in [2.24, 2.45) is 0 Å². The number of carbonyl (C=O) groups excluding carboxylic acids is 1. The molecule has 5 nitrogen and oxygen atoms in total. The molecule has 144 valence electrons. The molecule has 2 aromatic carbocycles. The summed E-state index contributed by atoms with van der Waals surface area (Å²) in [5, 5.41) is 6.89. The highest BCUT2D eigenvalue weighted by atomic mass is 19.1. The van der Waals surface area contributed by atoms with Crippen molar-refractivity contribution in [2.75, 3.05) is 0 Å². The van der Waals surface area contributed by atoms with Gasteiger partial charge in [-0.1, -0.05) is 29.8 Å². The van der Waals surface area contributed by atoms with Crippen molar-refractivity contribution in [3.05, 3.63) is 87.7 Å². The van der Waals surface area contributed by atoms with Crippen LogP contribution in [0.5, 0.6) is 0 Å². The second kappa shape index (κ2) is 8.56. The SMILES string of the molecule is Cc1ccc(-c2ccc(=O)n(CCC(=O)NCc3cc(F)cc(F)c3)n2)cc1. The lowest BCUT2D eigenvalue weighted by atomic mass is 10.1. The first kappa shape index (κ1) is 19.4. The van der Waals surface area contributed by atoms with Crippen molar-refractivity contribution < 1.29 is 13.6 Å². The summed E-state index contributed by atoms with van der Waals surface area (Å²) in [6.07, 6.45) is 0.0159. The molecule has 0 saturated carbocycles. The van der Waals surface area contributed by atoms with Gasteiger partial charge in [-0.3, -0.25) is 9.59 Å². The second-order valence-corrected chi connectivity index (χ2v) is 6.45. The van der Waals surface area contributed by atoms with Gasteiger partial charge in [0.05, 0.1) is 12.2 Å². The summed E-state index contributed by atoms with van der Waals surface area (Å²) in [5.74, 6) is -1.75. The first-order valence-corrected chi connectivity index (χ1v) is 8.77. The van der Waals surface area contributed by atoms with Gasteiger partial charge in [0.15, 0.2) is 0 Å². The Balaban J connectivity index is 1.62. The molecule has 0 bridgehead atoms. The minimum absolute atomic E-state index is 0.000747. The van der Waals surface area contributed by atoms with Crippen LogP contribution in [0.3, 0.4) is 0 Å². The third-order valence-corrected chi connectivity index (χ3v) is 4.18. The molecule has 0 aliphatic rings. The summed E-state index contributed by atoms with van der Waals surface area (Å²) in [4.78, 5) is 24.0. The predicted octanol–water partition coefficient (Wildman–Crippen LogP) is 3.20. The zero-order valence-corrected chi connectivity index (χ0v) is 15.3. The van der Waals surface area contributed by atoms with Crippen LogP contribution in [0.2, 0.25) is 0 Å². The van der Waals surface area contributed by atoms with E-state index in [0.717, 1.165) is 29.3 Å². The Morgan fingerprint density at radius 3 is 2.39 bits per heavy atom. The van der Waals surface area contributed by atoms with Crippen LogP contribution < -0.4 is 10.9 Å². The van der Waals surface area contributed by atoms with Gasteiger partial charge in [-0.15, -0.1) is 0 Å². The Morgan fingerprint density at radius 1 is 1.04 bits per heavy atom. The number of carbonyl (C=O) groups is 1. The number of rotatable bonds is 6.